The predicted molar refractivity (Wildman–Crippen MR) is 62.9 cm³/mol. The van der Waals surface area contributed by atoms with E-state index in [2.05, 4.69) is 4.74 Å². The Kier molecular flexibility index (Phi) is 5.26. The molecule has 0 radical (unpaired) electrons. The summed E-state index contributed by atoms with van der Waals surface area (Å²) in [4.78, 5) is 22.9. The third kappa shape index (κ3) is 3.82. The molecule has 0 aliphatic heterocycles. The average molecular weight is 364 g/mol. The van der Waals surface area contributed by atoms with Crippen LogP contribution in [0.5, 0.6) is 5.75 Å². The molecule has 0 aromatic heterocycles. The van der Waals surface area contributed by atoms with E-state index in [0.717, 1.165) is 12.1 Å². The lowest BCUT2D eigenvalue weighted by Gasteiger charge is -2.24. The molecule has 0 amide bonds. The van der Waals surface area contributed by atoms with Crippen LogP contribution >= 0.6 is 0 Å². The molecule has 0 bridgehead atoms. The summed E-state index contributed by atoms with van der Waals surface area (Å²) in [5.41, 5.74) is -0.871. The van der Waals surface area contributed by atoms with E-state index in [1.54, 1.807) is 0 Å². The minimum Gasteiger partial charge on any atom is -0.497 e. The van der Waals surface area contributed by atoms with Gasteiger partial charge in [0.15, 0.2) is 11.7 Å². The third-order valence-electron chi connectivity index (χ3n) is 2.89. The molecule has 1 rings (SSSR count). The van der Waals surface area contributed by atoms with Crippen LogP contribution in [-0.2, 0) is 4.79 Å². The van der Waals surface area contributed by atoms with E-state index >= 15 is 0 Å². The summed E-state index contributed by atoms with van der Waals surface area (Å²) in [6.45, 7) is 0. The Morgan fingerprint density at radius 1 is 0.917 bits per heavy atom. The molecule has 11 heteroatoms. The first-order valence-electron chi connectivity index (χ1n) is 5.97. The molecule has 134 valence electrons. The Morgan fingerprint density at radius 3 is 1.71 bits per heavy atom. The normalized spacial score (nSPS) is 14.2. The summed E-state index contributed by atoms with van der Waals surface area (Å²) in [6, 6.07) is 3.37. The van der Waals surface area contributed by atoms with Crippen LogP contribution in [-0.4, -0.2) is 37.0 Å². The number of halogens is 8. The van der Waals surface area contributed by atoms with Gasteiger partial charge in [-0.1, -0.05) is 0 Å². The summed E-state index contributed by atoms with van der Waals surface area (Å²) >= 11 is 0. The van der Waals surface area contributed by atoms with E-state index in [0.29, 0.717) is 12.1 Å². The highest BCUT2D eigenvalue weighted by Crippen LogP contribution is 2.42. The molecule has 0 heterocycles. The smallest absolute Gasteiger partial charge is 0.461 e. The third-order valence-corrected chi connectivity index (χ3v) is 2.89. The van der Waals surface area contributed by atoms with Crippen LogP contribution in [0.2, 0.25) is 0 Å². The van der Waals surface area contributed by atoms with Crippen molar-refractivity contribution in [2.24, 2.45) is 5.92 Å². The number of Topliss-reactive ketones (excluding diaryl/α,β-unsaturated/α-hetero) is 2. The zero-order valence-electron chi connectivity index (χ0n) is 11.6. The molecule has 1 unspecified atom stereocenters. The van der Waals surface area contributed by atoms with Crippen molar-refractivity contribution in [3.63, 3.8) is 0 Å². The van der Waals surface area contributed by atoms with Gasteiger partial charge in [0.2, 0.25) is 5.78 Å². The van der Waals surface area contributed by atoms with Crippen LogP contribution < -0.4 is 4.74 Å². The van der Waals surface area contributed by atoms with E-state index < -0.39 is 41.3 Å². The first-order valence-corrected chi connectivity index (χ1v) is 5.97. The van der Waals surface area contributed by atoms with Gasteiger partial charge < -0.3 is 4.74 Å². The summed E-state index contributed by atoms with van der Waals surface area (Å²) in [6.07, 6.45) is -12.5. The number of hydrogen-bond acceptors (Lipinski definition) is 3. The van der Waals surface area contributed by atoms with Gasteiger partial charge in [0, 0.05) is 5.56 Å². The summed E-state index contributed by atoms with van der Waals surface area (Å²) in [5.74, 6) is -16.2. The van der Waals surface area contributed by atoms with E-state index in [1.165, 1.54) is 7.11 Å². The summed E-state index contributed by atoms with van der Waals surface area (Å²) in [7, 11) is 1.18. The fourth-order valence-corrected chi connectivity index (χ4v) is 1.66. The van der Waals surface area contributed by atoms with Gasteiger partial charge in [-0.2, -0.15) is 35.1 Å². The molecule has 1 aromatic carbocycles. The molecule has 0 saturated carbocycles. The molecular weight excluding hydrogens is 356 g/mol. The second-order valence-corrected chi connectivity index (χ2v) is 4.50. The zero-order valence-corrected chi connectivity index (χ0v) is 11.6. The van der Waals surface area contributed by atoms with Gasteiger partial charge in [0.1, 0.15) is 5.75 Å². The zero-order chi connectivity index (χ0) is 18.9. The Balaban J connectivity index is 3.32. The lowest BCUT2D eigenvalue weighted by Crippen LogP contribution is -2.52. The molecule has 0 N–H and O–H groups in total. The SMILES string of the molecule is COc1ccc(C(=O)C(C(=O)C(F)(F)C(F)(F)F)C(F)(F)F)cc1. The van der Waals surface area contributed by atoms with Crippen LogP contribution in [0.25, 0.3) is 0 Å². The highest BCUT2D eigenvalue weighted by Gasteiger charge is 2.69. The van der Waals surface area contributed by atoms with Crippen molar-refractivity contribution in [1.82, 2.24) is 0 Å². The van der Waals surface area contributed by atoms with Crippen molar-refractivity contribution in [3.05, 3.63) is 29.8 Å². The minimum atomic E-state index is -6.56. The van der Waals surface area contributed by atoms with Crippen molar-refractivity contribution in [1.29, 1.82) is 0 Å². The predicted octanol–water partition coefficient (Wildman–Crippen LogP) is 3.82. The molecule has 1 aromatic rings. The van der Waals surface area contributed by atoms with Crippen LogP contribution in [0.4, 0.5) is 35.1 Å². The molecule has 0 spiro atoms. The molecule has 24 heavy (non-hydrogen) atoms. The fourth-order valence-electron chi connectivity index (χ4n) is 1.66. The van der Waals surface area contributed by atoms with E-state index in [9.17, 15) is 44.7 Å². The Bertz CT molecular complexity index is 616. The number of alkyl halides is 8. The molecule has 0 aliphatic carbocycles. The van der Waals surface area contributed by atoms with Crippen LogP contribution in [0, 0.1) is 5.92 Å². The minimum absolute atomic E-state index is 0.0852. The number of methoxy groups -OCH3 is 1. The summed E-state index contributed by atoms with van der Waals surface area (Å²) in [5, 5.41) is 0. The maximum absolute atomic E-state index is 13.0. The topological polar surface area (TPSA) is 43.4 Å². The Hall–Kier alpha value is -2.20. The monoisotopic (exact) mass is 364 g/mol. The van der Waals surface area contributed by atoms with Crippen molar-refractivity contribution in [2.75, 3.05) is 7.11 Å². The maximum Gasteiger partial charge on any atom is 0.461 e. The number of benzene rings is 1. The quantitative estimate of drug-likeness (QED) is 0.453. The molecular formula is C13H8F8O3. The molecule has 0 fully saturated rings. The average Bonchev–Trinajstić information content (AvgIpc) is 2.44. The lowest BCUT2D eigenvalue weighted by atomic mass is 9.89. The van der Waals surface area contributed by atoms with Gasteiger partial charge in [0.25, 0.3) is 0 Å². The highest BCUT2D eigenvalue weighted by atomic mass is 19.4. The second-order valence-electron chi connectivity index (χ2n) is 4.50. The van der Waals surface area contributed by atoms with Crippen LogP contribution in [0.3, 0.4) is 0 Å². The number of rotatable bonds is 5. The number of carbonyl (C=O) groups excluding carboxylic acids is 2. The standard InChI is InChI=1S/C13H8F8O3/c1-24-7-4-2-6(3-5-7)9(22)8(12(16,17)18)10(23)11(14,15)13(19,20)21/h2-5,8H,1H3. The van der Waals surface area contributed by atoms with E-state index in [4.69, 9.17) is 0 Å². The van der Waals surface area contributed by atoms with Crippen molar-refractivity contribution in [2.45, 2.75) is 18.3 Å². The van der Waals surface area contributed by atoms with Gasteiger partial charge >= 0.3 is 18.3 Å². The Morgan fingerprint density at radius 2 is 1.38 bits per heavy atom. The van der Waals surface area contributed by atoms with Crippen LogP contribution in [0.15, 0.2) is 24.3 Å². The lowest BCUT2D eigenvalue weighted by molar-refractivity contribution is -0.275. The number of hydrogen-bond donors (Lipinski definition) is 0. The highest BCUT2D eigenvalue weighted by molar-refractivity contribution is 6.13. The molecule has 0 aliphatic rings. The van der Waals surface area contributed by atoms with Gasteiger partial charge in [-0.05, 0) is 24.3 Å². The Labute approximate surface area is 129 Å². The second kappa shape index (κ2) is 6.36. The van der Waals surface area contributed by atoms with E-state index in [-0.39, 0.29) is 5.75 Å². The van der Waals surface area contributed by atoms with Gasteiger partial charge in [0.05, 0.1) is 7.11 Å². The fraction of sp³-hybridized carbons (Fsp3) is 0.385. The molecule has 3 nitrogen and oxygen atoms in total. The maximum atomic E-state index is 13.0. The first-order chi connectivity index (χ1) is 10.7. The molecule has 1 atom stereocenters. The van der Waals surface area contributed by atoms with Crippen molar-refractivity contribution in [3.8, 4) is 5.75 Å². The van der Waals surface area contributed by atoms with Gasteiger partial charge in [-0.3, -0.25) is 9.59 Å². The van der Waals surface area contributed by atoms with Gasteiger partial charge in [-0.15, -0.1) is 0 Å². The number of ketones is 2. The number of ether oxygens (including phenoxy) is 1. The van der Waals surface area contributed by atoms with Crippen molar-refractivity contribution >= 4 is 11.6 Å². The first kappa shape index (κ1) is 19.8. The summed E-state index contributed by atoms with van der Waals surface area (Å²) < 4.78 is 105. The van der Waals surface area contributed by atoms with Crippen molar-refractivity contribution < 1.29 is 49.4 Å². The van der Waals surface area contributed by atoms with Gasteiger partial charge in [-0.25, -0.2) is 0 Å². The largest absolute Gasteiger partial charge is 0.497 e. The van der Waals surface area contributed by atoms with E-state index in [1.807, 2.05) is 0 Å². The number of carbonyl (C=O) groups is 2. The molecule has 0 saturated heterocycles. The van der Waals surface area contributed by atoms with Crippen LogP contribution in [0.1, 0.15) is 10.4 Å².